The van der Waals surface area contributed by atoms with E-state index >= 15 is 0 Å². The third-order valence-corrected chi connectivity index (χ3v) is 4.22. The second kappa shape index (κ2) is 5.89. The van der Waals surface area contributed by atoms with E-state index in [1.54, 1.807) is 11.3 Å². The standard InChI is InChI=1S/C15H19N3OS/c1-11-9-14(18-6-4-7-19-12(2)10-18)17-15(16-11)13-5-3-8-20-13/h3,5,8-9,12H,4,6-7,10H2,1-2H3. The maximum atomic E-state index is 5.70. The van der Waals surface area contributed by atoms with Crippen LogP contribution < -0.4 is 4.90 Å². The highest BCUT2D eigenvalue weighted by molar-refractivity contribution is 7.13. The summed E-state index contributed by atoms with van der Waals surface area (Å²) in [5.41, 5.74) is 1.01. The molecule has 0 amide bonds. The summed E-state index contributed by atoms with van der Waals surface area (Å²) in [5.74, 6) is 1.84. The number of hydrogen-bond acceptors (Lipinski definition) is 5. The maximum Gasteiger partial charge on any atom is 0.171 e. The number of hydrogen-bond donors (Lipinski definition) is 0. The number of ether oxygens (including phenoxy) is 1. The molecule has 0 spiro atoms. The van der Waals surface area contributed by atoms with Crippen molar-refractivity contribution in [1.29, 1.82) is 0 Å². The first kappa shape index (κ1) is 13.5. The van der Waals surface area contributed by atoms with Gasteiger partial charge in [0, 0.05) is 31.5 Å². The molecule has 5 heteroatoms. The molecule has 1 unspecified atom stereocenters. The predicted octanol–water partition coefficient (Wildman–Crippen LogP) is 3.13. The molecule has 0 saturated carbocycles. The zero-order valence-corrected chi connectivity index (χ0v) is 12.7. The van der Waals surface area contributed by atoms with Crippen molar-refractivity contribution in [2.24, 2.45) is 0 Å². The largest absolute Gasteiger partial charge is 0.377 e. The molecule has 0 aromatic carbocycles. The van der Waals surface area contributed by atoms with Crippen molar-refractivity contribution in [3.63, 3.8) is 0 Å². The Kier molecular flexibility index (Phi) is 3.98. The predicted molar refractivity (Wildman–Crippen MR) is 82.3 cm³/mol. The lowest BCUT2D eigenvalue weighted by Gasteiger charge is -2.23. The number of rotatable bonds is 2. The molecule has 1 aliphatic heterocycles. The summed E-state index contributed by atoms with van der Waals surface area (Å²) in [6.45, 7) is 6.86. The summed E-state index contributed by atoms with van der Waals surface area (Å²) in [5, 5.41) is 2.06. The summed E-state index contributed by atoms with van der Waals surface area (Å²) in [7, 11) is 0. The SMILES string of the molecule is Cc1cc(N2CCCOC(C)C2)nc(-c2cccs2)n1. The Morgan fingerprint density at radius 2 is 2.30 bits per heavy atom. The van der Waals surface area contributed by atoms with Crippen LogP contribution in [0.1, 0.15) is 19.0 Å². The summed E-state index contributed by atoms with van der Waals surface area (Å²) in [6.07, 6.45) is 1.29. The van der Waals surface area contributed by atoms with E-state index in [9.17, 15) is 0 Å². The van der Waals surface area contributed by atoms with Gasteiger partial charge in [0.2, 0.25) is 0 Å². The minimum atomic E-state index is 0.248. The number of anilines is 1. The first-order valence-electron chi connectivity index (χ1n) is 6.98. The number of aromatic nitrogens is 2. The van der Waals surface area contributed by atoms with E-state index < -0.39 is 0 Å². The Labute approximate surface area is 123 Å². The normalized spacial score (nSPS) is 19.9. The Morgan fingerprint density at radius 1 is 1.40 bits per heavy atom. The second-order valence-electron chi connectivity index (χ2n) is 5.15. The third-order valence-electron chi connectivity index (χ3n) is 3.36. The molecule has 106 valence electrons. The lowest BCUT2D eigenvalue weighted by Crippen LogP contribution is -2.31. The van der Waals surface area contributed by atoms with Gasteiger partial charge >= 0.3 is 0 Å². The van der Waals surface area contributed by atoms with Crippen molar-refractivity contribution in [2.75, 3.05) is 24.6 Å². The summed E-state index contributed by atoms with van der Waals surface area (Å²) in [4.78, 5) is 12.7. The van der Waals surface area contributed by atoms with Crippen LogP contribution in [0, 0.1) is 6.92 Å². The van der Waals surface area contributed by atoms with E-state index in [4.69, 9.17) is 9.72 Å². The van der Waals surface area contributed by atoms with E-state index in [0.717, 1.165) is 48.3 Å². The van der Waals surface area contributed by atoms with Gasteiger partial charge in [0.05, 0.1) is 11.0 Å². The van der Waals surface area contributed by atoms with Crippen molar-refractivity contribution >= 4 is 17.2 Å². The van der Waals surface area contributed by atoms with Crippen LogP contribution in [-0.2, 0) is 4.74 Å². The van der Waals surface area contributed by atoms with E-state index in [0.29, 0.717) is 0 Å². The quantitative estimate of drug-likeness (QED) is 0.851. The molecule has 20 heavy (non-hydrogen) atoms. The van der Waals surface area contributed by atoms with Crippen molar-refractivity contribution < 1.29 is 4.74 Å². The fourth-order valence-corrected chi connectivity index (χ4v) is 3.09. The number of nitrogens with zero attached hydrogens (tertiary/aromatic N) is 3. The summed E-state index contributed by atoms with van der Waals surface area (Å²) >= 11 is 1.68. The molecule has 1 saturated heterocycles. The Morgan fingerprint density at radius 3 is 3.10 bits per heavy atom. The molecule has 3 rings (SSSR count). The Bertz CT molecular complexity index is 571. The van der Waals surface area contributed by atoms with Gasteiger partial charge < -0.3 is 9.64 Å². The van der Waals surface area contributed by atoms with Crippen LogP contribution in [-0.4, -0.2) is 35.8 Å². The molecule has 4 nitrogen and oxygen atoms in total. The molecule has 1 aliphatic rings. The molecule has 1 atom stereocenters. The second-order valence-corrected chi connectivity index (χ2v) is 6.10. The minimum Gasteiger partial charge on any atom is -0.377 e. The van der Waals surface area contributed by atoms with E-state index in [-0.39, 0.29) is 6.10 Å². The lowest BCUT2D eigenvalue weighted by molar-refractivity contribution is 0.0820. The topological polar surface area (TPSA) is 38.2 Å². The van der Waals surface area contributed by atoms with Crippen LogP contribution in [0.25, 0.3) is 10.7 Å². The monoisotopic (exact) mass is 289 g/mol. The molecule has 3 heterocycles. The third kappa shape index (κ3) is 2.99. The zero-order chi connectivity index (χ0) is 13.9. The molecular formula is C15H19N3OS. The average molecular weight is 289 g/mol. The van der Waals surface area contributed by atoms with Crippen LogP contribution in [0.2, 0.25) is 0 Å². The van der Waals surface area contributed by atoms with Crippen molar-refractivity contribution in [2.45, 2.75) is 26.4 Å². The van der Waals surface area contributed by atoms with Gasteiger partial charge in [-0.2, -0.15) is 0 Å². The fourth-order valence-electron chi connectivity index (χ4n) is 2.43. The highest BCUT2D eigenvalue weighted by Gasteiger charge is 2.18. The molecule has 1 fully saturated rings. The fraction of sp³-hybridized carbons (Fsp3) is 0.467. The first-order valence-corrected chi connectivity index (χ1v) is 7.86. The van der Waals surface area contributed by atoms with Gasteiger partial charge in [0.1, 0.15) is 5.82 Å². The number of thiophene rings is 1. The van der Waals surface area contributed by atoms with E-state index in [2.05, 4.69) is 34.3 Å². The highest BCUT2D eigenvalue weighted by Crippen LogP contribution is 2.24. The van der Waals surface area contributed by atoms with Crippen LogP contribution >= 0.6 is 11.3 Å². The van der Waals surface area contributed by atoms with Gasteiger partial charge in [-0.25, -0.2) is 9.97 Å². The van der Waals surface area contributed by atoms with Gasteiger partial charge in [-0.1, -0.05) is 6.07 Å². The van der Waals surface area contributed by atoms with E-state index in [1.807, 2.05) is 13.0 Å². The van der Waals surface area contributed by atoms with Crippen molar-refractivity contribution in [1.82, 2.24) is 9.97 Å². The van der Waals surface area contributed by atoms with Gasteiger partial charge in [-0.3, -0.25) is 0 Å². The van der Waals surface area contributed by atoms with Crippen LogP contribution in [0.3, 0.4) is 0 Å². The van der Waals surface area contributed by atoms with Gasteiger partial charge in [0.25, 0.3) is 0 Å². The Balaban J connectivity index is 1.92. The molecule has 0 aliphatic carbocycles. The summed E-state index contributed by atoms with van der Waals surface area (Å²) < 4.78 is 5.70. The van der Waals surface area contributed by atoms with E-state index in [1.165, 1.54) is 0 Å². The first-order chi connectivity index (χ1) is 9.72. The average Bonchev–Trinajstić information content (AvgIpc) is 2.87. The molecular weight excluding hydrogens is 270 g/mol. The van der Waals surface area contributed by atoms with Gasteiger partial charge in [-0.05, 0) is 31.7 Å². The van der Waals surface area contributed by atoms with Crippen LogP contribution in [0.5, 0.6) is 0 Å². The molecule has 2 aromatic rings. The molecule has 0 N–H and O–H groups in total. The maximum absolute atomic E-state index is 5.70. The smallest absolute Gasteiger partial charge is 0.171 e. The van der Waals surface area contributed by atoms with Crippen molar-refractivity contribution in [3.05, 3.63) is 29.3 Å². The highest BCUT2D eigenvalue weighted by atomic mass is 32.1. The Hall–Kier alpha value is -1.46. The van der Waals surface area contributed by atoms with Gasteiger partial charge in [-0.15, -0.1) is 11.3 Å². The summed E-state index contributed by atoms with van der Waals surface area (Å²) in [6, 6.07) is 6.17. The zero-order valence-electron chi connectivity index (χ0n) is 11.9. The molecule has 2 aromatic heterocycles. The van der Waals surface area contributed by atoms with Crippen LogP contribution in [0.15, 0.2) is 23.6 Å². The molecule has 0 radical (unpaired) electrons. The lowest BCUT2D eigenvalue weighted by atomic mass is 10.3. The van der Waals surface area contributed by atoms with Crippen LogP contribution in [0.4, 0.5) is 5.82 Å². The van der Waals surface area contributed by atoms with Gasteiger partial charge in [0.15, 0.2) is 5.82 Å². The molecule has 0 bridgehead atoms. The number of aryl methyl sites for hydroxylation is 1. The minimum absolute atomic E-state index is 0.248. The van der Waals surface area contributed by atoms with Crippen molar-refractivity contribution in [3.8, 4) is 10.7 Å².